The molecule has 0 aromatic heterocycles. The molecule has 4 nitrogen and oxygen atoms in total. The van der Waals surface area contributed by atoms with E-state index < -0.39 is 7.92 Å². The van der Waals surface area contributed by atoms with Crippen LogP contribution in [0.25, 0.3) is 11.1 Å². The van der Waals surface area contributed by atoms with Gasteiger partial charge in [0.1, 0.15) is 23.0 Å². The molecule has 0 atom stereocenters. The van der Waals surface area contributed by atoms with Crippen molar-refractivity contribution in [2.24, 2.45) is 0 Å². The molecule has 0 saturated carbocycles. The Morgan fingerprint density at radius 3 is 1.47 bits per heavy atom. The summed E-state index contributed by atoms with van der Waals surface area (Å²) >= 11 is 0. The van der Waals surface area contributed by atoms with Crippen molar-refractivity contribution in [3.8, 4) is 34.1 Å². The highest BCUT2D eigenvalue weighted by Crippen LogP contribution is 2.47. The Morgan fingerprint density at radius 2 is 1.00 bits per heavy atom. The molecule has 0 fully saturated rings. The van der Waals surface area contributed by atoms with E-state index in [1.54, 1.807) is 28.4 Å². The van der Waals surface area contributed by atoms with Gasteiger partial charge in [-0.3, -0.25) is 0 Å². The Kier molecular flexibility index (Phi) is 7.40. The van der Waals surface area contributed by atoms with E-state index in [4.69, 9.17) is 18.9 Å². The van der Waals surface area contributed by atoms with Crippen LogP contribution in [0.1, 0.15) is 5.56 Å². The average Bonchev–Trinajstić information content (AvgIpc) is 2.89. The van der Waals surface area contributed by atoms with Crippen LogP contribution in [0.2, 0.25) is 0 Å². The third-order valence-corrected chi connectivity index (χ3v) is 8.22. The van der Waals surface area contributed by atoms with Crippen molar-refractivity contribution in [3.63, 3.8) is 0 Å². The summed E-state index contributed by atoms with van der Waals surface area (Å²) in [6.45, 7) is 2.07. The van der Waals surface area contributed by atoms with E-state index >= 15 is 0 Å². The van der Waals surface area contributed by atoms with E-state index in [2.05, 4.69) is 61.5 Å². The van der Waals surface area contributed by atoms with E-state index in [0.717, 1.165) is 45.0 Å². The first-order chi connectivity index (χ1) is 16.6. The lowest BCUT2D eigenvalue weighted by atomic mass is 9.97. The lowest BCUT2D eigenvalue weighted by Gasteiger charge is -2.26. The molecule has 0 aliphatic carbocycles. The first kappa shape index (κ1) is 23.7. The van der Waals surface area contributed by atoms with Crippen LogP contribution in [-0.4, -0.2) is 28.4 Å². The molecule has 0 unspecified atom stereocenters. The maximum absolute atomic E-state index is 5.96. The van der Waals surface area contributed by atoms with Crippen molar-refractivity contribution in [2.75, 3.05) is 28.4 Å². The molecular weight excluding hydrogens is 443 g/mol. The van der Waals surface area contributed by atoms with Gasteiger partial charge in [0.05, 0.1) is 28.4 Å². The number of hydrogen-bond donors (Lipinski definition) is 0. The van der Waals surface area contributed by atoms with Crippen molar-refractivity contribution in [1.29, 1.82) is 0 Å². The van der Waals surface area contributed by atoms with Gasteiger partial charge >= 0.3 is 0 Å². The van der Waals surface area contributed by atoms with E-state index in [1.165, 1.54) is 10.6 Å². The number of hydrogen-bond acceptors (Lipinski definition) is 4. The van der Waals surface area contributed by atoms with E-state index in [1.807, 2.05) is 30.3 Å². The van der Waals surface area contributed by atoms with Gasteiger partial charge in [-0.1, -0.05) is 60.7 Å². The molecule has 0 spiro atoms. The molecule has 0 bridgehead atoms. The molecule has 0 radical (unpaired) electrons. The maximum atomic E-state index is 5.96. The lowest BCUT2D eigenvalue weighted by molar-refractivity contribution is 0.391. The van der Waals surface area contributed by atoms with Crippen molar-refractivity contribution >= 4 is 23.8 Å². The number of aryl methyl sites for hydroxylation is 1. The molecule has 0 saturated heterocycles. The van der Waals surface area contributed by atoms with Crippen LogP contribution in [0.15, 0.2) is 84.9 Å². The Labute approximate surface area is 202 Å². The standard InChI is InChI=1S/C29H29O4P/c1-20-16-21(30-2)17-25(32-4)28(20)29-26(33-5)18-22(31-3)19-27(29)34(23-12-8-6-9-13-23)24-14-10-7-11-15-24/h6-19H,1-5H3. The Morgan fingerprint density at radius 1 is 0.529 bits per heavy atom. The molecule has 0 amide bonds. The van der Waals surface area contributed by atoms with Gasteiger partial charge in [-0.2, -0.15) is 0 Å². The van der Waals surface area contributed by atoms with E-state index in [-0.39, 0.29) is 0 Å². The second-order valence-corrected chi connectivity index (χ2v) is 9.94. The van der Waals surface area contributed by atoms with E-state index in [9.17, 15) is 0 Å². The topological polar surface area (TPSA) is 36.9 Å². The van der Waals surface area contributed by atoms with Gasteiger partial charge in [-0.25, -0.2) is 0 Å². The molecular formula is C29H29O4P. The first-order valence-electron chi connectivity index (χ1n) is 11.0. The van der Waals surface area contributed by atoms with Crippen molar-refractivity contribution < 1.29 is 18.9 Å². The smallest absolute Gasteiger partial charge is 0.131 e. The highest BCUT2D eigenvalue weighted by molar-refractivity contribution is 7.80. The number of ether oxygens (including phenoxy) is 4. The van der Waals surface area contributed by atoms with Crippen molar-refractivity contribution in [1.82, 2.24) is 0 Å². The minimum absolute atomic E-state index is 0.734. The Hall–Kier alpha value is -3.49. The van der Waals surface area contributed by atoms with E-state index in [0.29, 0.717) is 0 Å². The Balaban J connectivity index is 2.11. The zero-order valence-electron chi connectivity index (χ0n) is 20.2. The van der Waals surface area contributed by atoms with Crippen LogP contribution in [0.3, 0.4) is 0 Å². The number of benzene rings is 4. The third kappa shape index (κ3) is 4.60. The molecule has 4 aromatic rings. The van der Waals surface area contributed by atoms with Gasteiger partial charge in [0.15, 0.2) is 0 Å². The SMILES string of the molecule is COc1cc(C)c(-c2c(OC)cc(OC)cc2P(c2ccccc2)c2ccccc2)c(OC)c1. The highest BCUT2D eigenvalue weighted by atomic mass is 31.1. The molecule has 0 heterocycles. The summed E-state index contributed by atoms with van der Waals surface area (Å²) in [5, 5.41) is 3.62. The van der Waals surface area contributed by atoms with Crippen LogP contribution in [-0.2, 0) is 0 Å². The van der Waals surface area contributed by atoms with Crippen LogP contribution >= 0.6 is 7.92 Å². The molecule has 0 N–H and O–H groups in total. The fourth-order valence-electron chi connectivity index (χ4n) is 4.19. The van der Waals surface area contributed by atoms with Gasteiger partial charge < -0.3 is 18.9 Å². The molecule has 4 rings (SSSR count). The second-order valence-electron chi connectivity index (χ2n) is 7.75. The summed E-state index contributed by atoms with van der Waals surface area (Å²) in [6.07, 6.45) is 0. The van der Waals surface area contributed by atoms with Crippen LogP contribution < -0.4 is 34.9 Å². The largest absolute Gasteiger partial charge is 0.497 e. The third-order valence-electron chi connectivity index (χ3n) is 5.76. The summed E-state index contributed by atoms with van der Waals surface area (Å²) < 4.78 is 23.0. The van der Waals surface area contributed by atoms with Crippen LogP contribution in [0.5, 0.6) is 23.0 Å². The normalized spacial score (nSPS) is 10.8. The van der Waals surface area contributed by atoms with Crippen LogP contribution in [0, 0.1) is 6.92 Å². The van der Waals surface area contributed by atoms with Gasteiger partial charge in [0.25, 0.3) is 0 Å². The van der Waals surface area contributed by atoms with Gasteiger partial charge in [-0.05, 0) is 43.2 Å². The summed E-state index contributed by atoms with van der Waals surface area (Å²) in [5.74, 6) is 2.97. The Bertz CT molecular complexity index is 1220. The quantitative estimate of drug-likeness (QED) is 0.320. The average molecular weight is 473 g/mol. The molecule has 174 valence electrons. The van der Waals surface area contributed by atoms with Crippen molar-refractivity contribution in [3.05, 3.63) is 90.5 Å². The minimum Gasteiger partial charge on any atom is -0.497 e. The zero-order chi connectivity index (χ0) is 24.1. The molecule has 5 heteroatoms. The number of methoxy groups -OCH3 is 4. The molecule has 0 aliphatic heterocycles. The highest BCUT2D eigenvalue weighted by Gasteiger charge is 2.27. The summed E-state index contributed by atoms with van der Waals surface area (Å²) in [5.41, 5.74) is 3.02. The maximum Gasteiger partial charge on any atom is 0.131 e. The van der Waals surface area contributed by atoms with Crippen LogP contribution in [0.4, 0.5) is 0 Å². The summed E-state index contributed by atoms with van der Waals surface area (Å²) in [6, 6.07) is 29.2. The van der Waals surface area contributed by atoms with Crippen molar-refractivity contribution in [2.45, 2.75) is 6.92 Å². The fraction of sp³-hybridized carbons (Fsp3) is 0.172. The zero-order valence-corrected chi connectivity index (χ0v) is 21.1. The molecule has 0 aliphatic rings. The van der Waals surface area contributed by atoms with Gasteiger partial charge in [0, 0.05) is 28.6 Å². The predicted molar refractivity (Wildman–Crippen MR) is 142 cm³/mol. The fourth-order valence-corrected chi connectivity index (χ4v) is 6.68. The molecule has 4 aromatic carbocycles. The summed E-state index contributed by atoms with van der Waals surface area (Å²) in [7, 11) is 5.81. The summed E-state index contributed by atoms with van der Waals surface area (Å²) in [4.78, 5) is 0. The minimum atomic E-state index is -0.922. The second kappa shape index (κ2) is 10.6. The monoisotopic (exact) mass is 472 g/mol. The molecule has 34 heavy (non-hydrogen) atoms. The number of rotatable bonds is 8. The first-order valence-corrected chi connectivity index (χ1v) is 12.3. The predicted octanol–water partition coefficient (Wildman–Crippen LogP) is 5.45. The lowest BCUT2D eigenvalue weighted by Crippen LogP contribution is -2.23. The van der Waals surface area contributed by atoms with Gasteiger partial charge in [0.2, 0.25) is 0 Å². The van der Waals surface area contributed by atoms with Gasteiger partial charge in [-0.15, -0.1) is 0 Å².